The number of rotatable bonds is 2. The van der Waals surface area contributed by atoms with Gasteiger partial charge in [-0.2, -0.15) is 0 Å². The highest BCUT2D eigenvalue weighted by Gasteiger charge is 2.10. The highest BCUT2D eigenvalue weighted by atomic mass is 31.1. The lowest BCUT2D eigenvalue weighted by molar-refractivity contribution is 0.302. The first kappa shape index (κ1) is 23.0. The van der Waals surface area contributed by atoms with Crippen molar-refractivity contribution in [1.82, 2.24) is 0 Å². The fraction of sp³-hybridized carbons (Fsp3) is 1.00. The van der Waals surface area contributed by atoms with Crippen molar-refractivity contribution >= 4 is 8.25 Å². The Labute approximate surface area is 59.3 Å². The molecule has 0 amide bonds. The summed E-state index contributed by atoms with van der Waals surface area (Å²) in [6.45, 7) is 0. The van der Waals surface area contributed by atoms with E-state index in [0.717, 1.165) is 0 Å². The van der Waals surface area contributed by atoms with Crippen molar-refractivity contribution in [1.29, 1.82) is 0 Å². The van der Waals surface area contributed by atoms with E-state index in [1.54, 1.807) is 0 Å². The van der Waals surface area contributed by atoms with Gasteiger partial charge in [-0.1, -0.05) is 22.3 Å². The van der Waals surface area contributed by atoms with Crippen molar-refractivity contribution in [3.05, 3.63) is 0 Å². The molecule has 0 rings (SSSR count). The Morgan fingerprint density at radius 1 is 1.00 bits per heavy atom. The van der Waals surface area contributed by atoms with Crippen LogP contribution in [0.3, 0.4) is 0 Å². The maximum absolute atomic E-state index is 9.88. The molecular formula is C5H18O3P+. The van der Waals surface area contributed by atoms with E-state index in [-0.39, 0.29) is 22.3 Å². The lowest BCUT2D eigenvalue weighted by Crippen LogP contribution is -1.66. The minimum absolute atomic E-state index is 0. The van der Waals surface area contributed by atoms with Crippen LogP contribution in [0.5, 0.6) is 0 Å². The first-order chi connectivity index (χ1) is 2.81. The highest BCUT2D eigenvalue weighted by molar-refractivity contribution is 7.33. The van der Waals surface area contributed by atoms with Gasteiger partial charge in [0.2, 0.25) is 0 Å². The largest absolute Gasteiger partial charge is 0.696 e. The molecule has 0 saturated heterocycles. The molecule has 0 heterocycles. The summed E-state index contributed by atoms with van der Waals surface area (Å²) >= 11 is 0. The van der Waals surface area contributed by atoms with Crippen LogP contribution in [0.25, 0.3) is 0 Å². The lowest BCUT2D eigenvalue weighted by Gasteiger charge is -1.66. The van der Waals surface area contributed by atoms with Crippen LogP contribution in [0.2, 0.25) is 0 Å². The predicted molar refractivity (Wildman–Crippen MR) is 41.8 cm³/mol. The van der Waals surface area contributed by atoms with Gasteiger partial charge in [0.15, 0.2) is 0 Å². The minimum Gasteiger partial charge on any atom is -0.122 e. The van der Waals surface area contributed by atoms with Gasteiger partial charge in [0.25, 0.3) is 0 Å². The monoisotopic (exact) mass is 157 g/mol. The van der Waals surface area contributed by atoms with Crippen molar-refractivity contribution < 1.29 is 13.6 Å². The van der Waals surface area contributed by atoms with E-state index in [1.807, 2.05) is 0 Å². The highest BCUT2D eigenvalue weighted by Crippen LogP contribution is 2.18. The molecule has 0 aromatic carbocycles. The van der Waals surface area contributed by atoms with Gasteiger partial charge in [0, 0.05) is 4.57 Å². The summed E-state index contributed by atoms with van der Waals surface area (Å²) < 4.78 is 18.3. The molecule has 0 bridgehead atoms. The first-order valence-corrected chi connectivity index (χ1v) is 2.46. The Balaban J connectivity index is -0.0000000417. The van der Waals surface area contributed by atoms with Crippen LogP contribution in [0.4, 0.5) is 0 Å². The third kappa shape index (κ3) is 18.0. The van der Waals surface area contributed by atoms with Gasteiger partial charge in [0.1, 0.15) is 0 Å². The lowest BCUT2D eigenvalue weighted by atomic mass is 11.8. The zero-order valence-corrected chi connectivity index (χ0v) is 4.57. The molecule has 60 valence electrons. The van der Waals surface area contributed by atoms with Crippen LogP contribution in [-0.2, 0) is 13.6 Å². The van der Waals surface area contributed by atoms with Crippen LogP contribution in [0.15, 0.2) is 0 Å². The molecule has 4 heteroatoms. The second-order valence-electron chi connectivity index (χ2n) is 0.589. The van der Waals surface area contributed by atoms with Crippen LogP contribution in [0.1, 0.15) is 22.3 Å². The van der Waals surface area contributed by atoms with E-state index < -0.39 is 8.25 Å². The van der Waals surface area contributed by atoms with Gasteiger partial charge < -0.3 is 0 Å². The molecule has 3 nitrogen and oxygen atoms in total. The van der Waals surface area contributed by atoms with Gasteiger partial charge in [-0.05, 0) is 0 Å². The van der Waals surface area contributed by atoms with E-state index >= 15 is 0 Å². The normalized spacial score (nSPS) is 5.56. The van der Waals surface area contributed by atoms with E-state index in [9.17, 15) is 4.57 Å². The Kier molecular flexibility index (Phi) is 40.1. The van der Waals surface area contributed by atoms with Gasteiger partial charge in [-0.3, -0.25) is 0 Å². The first-order valence-electron chi connectivity index (χ1n) is 1.36. The molecule has 0 aliphatic rings. The Bertz CT molecular complexity index is 50.2. The summed E-state index contributed by atoms with van der Waals surface area (Å²) in [5, 5.41) is 0. The average Bonchev–Trinajstić information content (AvgIpc) is 1.65. The second kappa shape index (κ2) is 15.7. The topological polar surface area (TPSA) is 35.5 Å². The van der Waals surface area contributed by atoms with Gasteiger partial charge in [-0.25, -0.2) is 0 Å². The number of hydrogen-bond donors (Lipinski definition) is 0. The van der Waals surface area contributed by atoms with Crippen molar-refractivity contribution in [3.63, 3.8) is 0 Å². The molecular weight excluding hydrogens is 139 g/mol. The molecule has 0 atom stereocenters. The third-order valence-electron chi connectivity index (χ3n) is 0.298. The van der Waals surface area contributed by atoms with E-state index in [1.165, 1.54) is 14.2 Å². The van der Waals surface area contributed by atoms with Gasteiger partial charge in [-0.15, -0.1) is 9.05 Å². The minimum atomic E-state index is -1.83. The maximum atomic E-state index is 9.88. The molecule has 9 heavy (non-hydrogen) atoms. The third-order valence-corrected chi connectivity index (χ3v) is 0.894. The predicted octanol–water partition coefficient (Wildman–Crippen LogP) is 2.84. The number of hydrogen-bond acceptors (Lipinski definition) is 3. The van der Waals surface area contributed by atoms with E-state index in [2.05, 4.69) is 9.05 Å². The summed E-state index contributed by atoms with van der Waals surface area (Å²) in [6.07, 6.45) is 0. The molecule has 0 aromatic heterocycles. The summed E-state index contributed by atoms with van der Waals surface area (Å²) in [5.41, 5.74) is 0. The Hall–Kier alpha value is 0.0200. The smallest absolute Gasteiger partial charge is 0.122 e. The average molecular weight is 157 g/mol. The van der Waals surface area contributed by atoms with Crippen LogP contribution >= 0.6 is 8.25 Å². The van der Waals surface area contributed by atoms with Crippen molar-refractivity contribution in [3.8, 4) is 0 Å². The van der Waals surface area contributed by atoms with Gasteiger partial charge in [0.05, 0.1) is 14.2 Å². The van der Waals surface area contributed by atoms with Crippen molar-refractivity contribution in [2.24, 2.45) is 0 Å². The van der Waals surface area contributed by atoms with Gasteiger partial charge >= 0.3 is 8.25 Å². The van der Waals surface area contributed by atoms with Crippen molar-refractivity contribution in [2.75, 3.05) is 14.2 Å². The quantitative estimate of drug-likeness (QED) is 0.578. The van der Waals surface area contributed by atoms with Crippen LogP contribution in [-0.4, -0.2) is 14.2 Å². The fourth-order valence-electron chi connectivity index (χ4n) is 0.0745. The van der Waals surface area contributed by atoms with Crippen molar-refractivity contribution in [2.45, 2.75) is 22.3 Å². The standard InChI is InChI=1S/C2H6O3P.3CH4/c1-4-6(3)5-2;;;/h1-2H3;3*1H4/q+1;;;. The molecule has 0 saturated carbocycles. The van der Waals surface area contributed by atoms with Crippen LogP contribution < -0.4 is 0 Å². The van der Waals surface area contributed by atoms with Crippen LogP contribution in [0, 0.1) is 0 Å². The molecule has 0 aromatic rings. The summed E-state index contributed by atoms with van der Waals surface area (Å²) in [5.74, 6) is 0. The molecule has 0 radical (unpaired) electrons. The maximum Gasteiger partial charge on any atom is 0.696 e. The fourth-order valence-corrected chi connectivity index (χ4v) is 0.224. The summed E-state index contributed by atoms with van der Waals surface area (Å²) in [7, 11) is 0.817. The van der Waals surface area contributed by atoms with E-state index in [0.29, 0.717) is 0 Å². The van der Waals surface area contributed by atoms with E-state index in [4.69, 9.17) is 0 Å². The molecule has 0 fully saturated rings. The molecule has 0 spiro atoms. The molecule has 0 unspecified atom stereocenters. The second-order valence-corrected chi connectivity index (χ2v) is 1.77. The summed E-state index contributed by atoms with van der Waals surface area (Å²) in [4.78, 5) is 0. The molecule has 0 aliphatic heterocycles. The molecule has 0 N–H and O–H groups in total. The Morgan fingerprint density at radius 3 is 1.22 bits per heavy atom. The Morgan fingerprint density at radius 2 is 1.22 bits per heavy atom. The summed E-state index contributed by atoms with van der Waals surface area (Å²) in [6, 6.07) is 0. The SMILES string of the molecule is C.C.C.CO[P+](=O)OC. The zero-order valence-electron chi connectivity index (χ0n) is 3.67. The molecule has 0 aliphatic carbocycles. The zero-order chi connectivity index (χ0) is 4.99.